The molecule has 2 aromatic carbocycles. The molecule has 1 amide bonds. The highest BCUT2D eigenvalue weighted by Gasteiger charge is 2.17. The zero-order valence-corrected chi connectivity index (χ0v) is 17.9. The van der Waals surface area contributed by atoms with Crippen molar-refractivity contribution in [1.29, 1.82) is 0 Å². The van der Waals surface area contributed by atoms with Crippen LogP contribution in [0.3, 0.4) is 0 Å². The molecule has 0 spiro atoms. The molecular formula is C21H23N5O3S. The molecule has 0 aliphatic heterocycles. The first-order valence-corrected chi connectivity index (χ1v) is 10.6. The zero-order chi connectivity index (χ0) is 21.7. The van der Waals surface area contributed by atoms with Gasteiger partial charge < -0.3 is 9.88 Å². The van der Waals surface area contributed by atoms with Crippen LogP contribution in [0.2, 0.25) is 0 Å². The van der Waals surface area contributed by atoms with E-state index in [1.54, 1.807) is 19.1 Å². The van der Waals surface area contributed by atoms with Crippen molar-refractivity contribution in [3.8, 4) is 11.4 Å². The smallest absolute Gasteiger partial charge is 0.274 e. The van der Waals surface area contributed by atoms with Crippen LogP contribution in [0.15, 0.2) is 47.6 Å². The van der Waals surface area contributed by atoms with Crippen LogP contribution < -0.4 is 5.32 Å². The molecule has 8 nitrogen and oxygen atoms in total. The van der Waals surface area contributed by atoms with Crippen molar-refractivity contribution in [3.63, 3.8) is 0 Å². The Morgan fingerprint density at radius 1 is 1.20 bits per heavy atom. The van der Waals surface area contributed by atoms with Gasteiger partial charge in [0.2, 0.25) is 5.91 Å². The Bertz CT molecular complexity index is 1080. The van der Waals surface area contributed by atoms with Crippen molar-refractivity contribution in [1.82, 2.24) is 14.8 Å². The van der Waals surface area contributed by atoms with Gasteiger partial charge in [0.1, 0.15) is 0 Å². The molecule has 1 aromatic heterocycles. The molecule has 0 unspecified atom stereocenters. The standard InChI is InChI=1S/C21H23N5O3S/c1-4-11-25-20(16-8-5-7-14(2)12-16)23-24-21(25)30-13-19(27)22-17-9-6-10-18(15(17)3)26(28)29/h5-10,12H,4,11,13H2,1-3H3,(H,22,27). The number of thioether (sulfide) groups is 1. The molecule has 1 N–H and O–H groups in total. The number of nitrogens with zero attached hydrogens (tertiary/aromatic N) is 4. The number of nitrogens with one attached hydrogen (secondary N) is 1. The summed E-state index contributed by atoms with van der Waals surface area (Å²) >= 11 is 1.29. The fourth-order valence-corrected chi connectivity index (χ4v) is 3.86. The summed E-state index contributed by atoms with van der Waals surface area (Å²) in [7, 11) is 0. The second kappa shape index (κ2) is 9.53. The molecule has 156 valence electrons. The first-order valence-electron chi connectivity index (χ1n) is 9.57. The van der Waals surface area contributed by atoms with Gasteiger partial charge in [-0.2, -0.15) is 0 Å². The van der Waals surface area contributed by atoms with Gasteiger partial charge in [-0.3, -0.25) is 14.9 Å². The van der Waals surface area contributed by atoms with Crippen LogP contribution in [-0.4, -0.2) is 31.3 Å². The summed E-state index contributed by atoms with van der Waals surface area (Å²) in [5.74, 6) is 0.641. The number of aromatic nitrogens is 3. The summed E-state index contributed by atoms with van der Waals surface area (Å²) in [5.41, 5.74) is 2.96. The minimum atomic E-state index is -0.459. The van der Waals surface area contributed by atoms with E-state index in [9.17, 15) is 14.9 Å². The summed E-state index contributed by atoms with van der Waals surface area (Å²) in [4.78, 5) is 23.1. The fourth-order valence-electron chi connectivity index (χ4n) is 3.09. The molecule has 1 heterocycles. The Morgan fingerprint density at radius 3 is 2.67 bits per heavy atom. The van der Waals surface area contributed by atoms with E-state index in [1.807, 2.05) is 29.7 Å². The highest BCUT2D eigenvalue weighted by atomic mass is 32.2. The predicted molar refractivity (Wildman–Crippen MR) is 118 cm³/mol. The maximum atomic E-state index is 12.5. The van der Waals surface area contributed by atoms with E-state index in [0.717, 1.165) is 29.9 Å². The average Bonchev–Trinajstić information content (AvgIpc) is 3.11. The number of carbonyl (C=O) groups excluding carboxylic acids is 1. The number of nitro groups is 1. The normalized spacial score (nSPS) is 10.8. The third kappa shape index (κ3) is 4.85. The van der Waals surface area contributed by atoms with Crippen LogP contribution in [0.25, 0.3) is 11.4 Å². The third-order valence-corrected chi connectivity index (χ3v) is 5.52. The van der Waals surface area contributed by atoms with E-state index in [1.165, 1.54) is 17.8 Å². The van der Waals surface area contributed by atoms with Crippen molar-refractivity contribution in [3.05, 3.63) is 63.7 Å². The van der Waals surface area contributed by atoms with E-state index < -0.39 is 4.92 Å². The summed E-state index contributed by atoms with van der Waals surface area (Å²) in [6.07, 6.45) is 0.906. The number of anilines is 1. The van der Waals surface area contributed by atoms with Crippen LogP contribution in [0.4, 0.5) is 11.4 Å². The molecule has 0 aliphatic carbocycles. The Hall–Kier alpha value is -3.20. The summed E-state index contributed by atoms with van der Waals surface area (Å²) in [6.45, 7) is 6.46. The minimum absolute atomic E-state index is 0.0223. The predicted octanol–water partition coefficient (Wildman–Crippen LogP) is 4.61. The molecule has 0 fully saturated rings. The van der Waals surface area contributed by atoms with Crippen molar-refractivity contribution in [2.24, 2.45) is 0 Å². The van der Waals surface area contributed by atoms with Crippen molar-refractivity contribution < 1.29 is 9.72 Å². The minimum Gasteiger partial charge on any atom is -0.325 e. The van der Waals surface area contributed by atoms with Gasteiger partial charge in [-0.25, -0.2) is 0 Å². The Kier molecular flexibility index (Phi) is 6.83. The van der Waals surface area contributed by atoms with E-state index in [2.05, 4.69) is 28.5 Å². The molecule has 9 heteroatoms. The number of amides is 1. The second-order valence-corrected chi connectivity index (χ2v) is 7.81. The molecule has 0 saturated carbocycles. The van der Waals surface area contributed by atoms with Crippen molar-refractivity contribution in [2.45, 2.75) is 38.9 Å². The molecule has 0 bridgehead atoms. The number of aryl methyl sites for hydroxylation is 1. The second-order valence-electron chi connectivity index (χ2n) is 6.87. The van der Waals surface area contributed by atoms with Crippen LogP contribution in [0, 0.1) is 24.0 Å². The number of benzene rings is 2. The summed E-state index contributed by atoms with van der Waals surface area (Å²) in [5, 5.41) is 23.1. The Morgan fingerprint density at radius 2 is 1.97 bits per heavy atom. The quantitative estimate of drug-likeness (QED) is 0.321. The molecular weight excluding hydrogens is 402 g/mol. The number of hydrogen-bond donors (Lipinski definition) is 1. The van der Waals surface area contributed by atoms with Gasteiger partial charge in [0, 0.05) is 18.2 Å². The zero-order valence-electron chi connectivity index (χ0n) is 17.1. The third-order valence-electron chi connectivity index (χ3n) is 4.55. The Labute approximate surface area is 178 Å². The SMILES string of the molecule is CCCn1c(SCC(=O)Nc2cccc([N+](=O)[O-])c2C)nnc1-c1cccc(C)c1. The van der Waals surface area contributed by atoms with Crippen LogP contribution in [0.5, 0.6) is 0 Å². The molecule has 0 atom stereocenters. The topological polar surface area (TPSA) is 103 Å². The van der Waals surface area contributed by atoms with Gasteiger partial charge in [-0.05, 0) is 32.4 Å². The molecule has 30 heavy (non-hydrogen) atoms. The van der Waals surface area contributed by atoms with Gasteiger partial charge in [0.15, 0.2) is 11.0 Å². The van der Waals surface area contributed by atoms with Crippen molar-refractivity contribution >= 4 is 29.0 Å². The van der Waals surface area contributed by atoms with E-state index >= 15 is 0 Å². The lowest BCUT2D eigenvalue weighted by Gasteiger charge is -2.10. The fraction of sp³-hybridized carbons (Fsp3) is 0.286. The highest BCUT2D eigenvalue weighted by molar-refractivity contribution is 7.99. The van der Waals surface area contributed by atoms with Gasteiger partial charge in [0.05, 0.1) is 21.9 Å². The lowest BCUT2D eigenvalue weighted by atomic mass is 10.1. The number of carbonyl (C=O) groups is 1. The molecule has 0 aliphatic rings. The summed E-state index contributed by atoms with van der Waals surface area (Å²) in [6, 6.07) is 12.7. The highest BCUT2D eigenvalue weighted by Crippen LogP contribution is 2.27. The lowest BCUT2D eigenvalue weighted by Crippen LogP contribution is -2.16. The van der Waals surface area contributed by atoms with E-state index in [0.29, 0.717) is 16.4 Å². The summed E-state index contributed by atoms with van der Waals surface area (Å²) < 4.78 is 2.02. The number of hydrogen-bond acceptors (Lipinski definition) is 6. The van der Waals surface area contributed by atoms with Gasteiger partial charge in [0.25, 0.3) is 5.69 Å². The Balaban J connectivity index is 1.74. The van der Waals surface area contributed by atoms with Gasteiger partial charge in [-0.15, -0.1) is 10.2 Å². The van der Waals surface area contributed by atoms with Crippen LogP contribution >= 0.6 is 11.8 Å². The van der Waals surface area contributed by atoms with Crippen LogP contribution in [0.1, 0.15) is 24.5 Å². The van der Waals surface area contributed by atoms with E-state index in [4.69, 9.17) is 0 Å². The molecule has 3 aromatic rings. The molecule has 3 rings (SSSR count). The first kappa shape index (κ1) is 21.5. The van der Waals surface area contributed by atoms with Crippen LogP contribution in [-0.2, 0) is 11.3 Å². The first-order chi connectivity index (χ1) is 14.4. The number of rotatable bonds is 8. The monoisotopic (exact) mass is 425 g/mol. The van der Waals surface area contributed by atoms with Crippen molar-refractivity contribution in [2.75, 3.05) is 11.1 Å². The van der Waals surface area contributed by atoms with Gasteiger partial charge >= 0.3 is 0 Å². The molecule has 0 saturated heterocycles. The van der Waals surface area contributed by atoms with E-state index in [-0.39, 0.29) is 17.3 Å². The van der Waals surface area contributed by atoms with Gasteiger partial charge in [-0.1, -0.05) is 48.5 Å². The maximum Gasteiger partial charge on any atom is 0.274 e. The number of nitro benzene ring substituents is 1. The lowest BCUT2D eigenvalue weighted by molar-refractivity contribution is -0.385. The largest absolute Gasteiger partial charge is 0.325 e. The maximum absolute atomic E-state index is 12.5. The molecule has 0 radical (unpaired) electrons. The average molecular weight is 426 g/mol.